The van der Waals surface area contributed by atoms with E-state index in [0.29, 0.717) is 56.6 Å². The van der Waals surface area contributed by atoms with Crippen LogP contribution in [0, 0.1) is 0 Å². The molecule has 0 aliphatic carbocycles. The molecule has 2 fully saturated rings. The summed E-state index contributed by atoms with van der Waals surface area (Å²) in [7, 11) is 0. The zero-order valence-electron chi connectivity index (χ0n) is 22.7. The number of amides is 3. The van der Waals surface area contributed by atoms with Crippen molar-refractivity contribution in [1.82, 2.24) is 15.3 Å². The third-order valence-electron chi connectivity index (χ3n) is 6.96. The Morgan fingerprint density at radius 1 is 1.05 bits per heavy atom. The smallest absolute Gasteiger partial charge is 0.333 e. The Balaban J connectivity index is 1.45. The van der Waals surface area contributed by atoms with Crippen molar-refractivity contribution in [3.05, 3.63) is 35.9 Å². The predicted octanol–water partition coefficient (Wildman–Crippen LogP) is 1.75. The van der Waals surface area contributed by atoms with E-state index < -0.39 is 47.8 Å². The molecule has 218 valence electrons. The van der Waals surface area contributed by atoms with E-state index in [1.165, 1.54) is 4.90 Å². The molecule has 0 radical (unpaired) electrons. The molecule has 2 N–H and O–H groups in total. The fourth-order valence-electron chi connectivity index (χ4n) is 4.76. The largest absolute Gasteiger partial charge is 0.480 e. The molecule has 0 bridgehead atoms. The zero-order chi connectivity index (χ0) is 29.1. The fraction of sp³-hybridized carbons (Fsp3) is 0.571. The molecule has 2 aliphatic rings. The van der Waals surface area contributed by atoms with Gasteiger partial charge >= 0.3 is 17.9 Å². The van der Waals surface area contributed by atoms with Gasteiger partial charge in [-0.1, -0.05) is 30.3 Å². The second-order valence-corrected chi connectivity index (χ2v) is 10.0. The number of aliphatic carboxylic acids is 1. The molecule has 3 rings (SSSR count). The van der Waals surface area contributed by atoms with Gasteiger partial charge in [0.2, 0.25) is 5.91 Å². The molecule has 0 spiro atoms. The summed E-state index contributed by atoms with van der Waals surface area (Å²) in [6.45, 7) is 2.08. The Morgan fingerprint density at radius 3 is 2.42 bits per heavy atom. The second-order valence-electron chi connectivity index (χ2n) is 10.0. The molecule has 2 heterocycles. The molecule has 2 saturated heterocycles. The number of hydroxylamine groups is 2. The minimum absolute atomic E-state index is 0.0136. The lowest BCUT2D eigenvalue weighted by atomic mass is 10.0. The predicted molar refractivity (Wildman–Crippen MR) is 140 cm³/mol. The second kappa shape index (κ2) is 15.1. The van der Waals surface area contributed by atoms with Crippen molar-refractivity contribution >= 4 is 35.6 Å². The summed E-state index contributed by atoms with van der Waals surface area (Å²) in [5, 5.41) is 13.0. The standard InChI is InChI=1S/C28H37N3O9/c1-19(26(35)30-17-8-11-22(30)27(36)37)29-21(14-13-20-9-4-2-5-10-20)28(38)39-18-7-3-6-12-25(34)40-31-23(32)15-16-24(31)33/h2,4-5,9-10,19,21-22,29H,3,6-8,11-18H2,1H3,(H,36,37). The Kier molecular flexibility index (Phi) is 11.6. The maximum Gasteiger partial charge on any atom is 0.333 e. The van der Waals surface area contributed by atoms with Crippen LogP contribution in [-0.4, -0.2) is 82.0 Å². The van der Waals surface area contributed by atoms with Crippen molar-refractivity contribution in [2.75, 3.05) is 13.2 Å². The molecule has 0 aromatic heterocycles. The molecule has 12 heteroatoms. The number of aryl methyl sites for hydroxylation is 1. The number of carbonyl (C=O) groups excluding carboxylic acids is 5. The number of carboxylic acids is 1. The first kappa shape index (κ1) is 30.7. The summed E-state index contributed by atoms with van der Waals surface area (Å²) >= 11 is 0. The van der Waals surface area contributed by atoms with Crippen LogP contribution >= 0.6 is 0 Å². The van der Waals surface area contributed by atoms with Crippen LogP contribution in [0.15, 0.2) is 30.3 Å². The summed E-state index contributed by atoms with van der Waals surface area (Å²) in [4.78, 5) is 78.6. The number of ether oxygens (including phenoxy) is 1. The van der Waals surface area contributed by atoms with E-state index in [2.05, 4.69) is 5.32 Å². The van der Waals surface area contributed by atoms with Crippen LogP contribution in [0.2, 0.25) is 0 Å². The topological polar surface area (TPSA) is 160 Å². The molecule has 12 nitrogen and oxygen atoms in total. The van der Waals surface area contributed by atoms with Crippen molar-refractivity contribution in [3.63, 3.8) is 0 Å². The van der Waals surface area contributed by atoms with Crippen LogP contribution in [0.3, 0.4) is 0 Å². The highest BCUT2D eigenvalue weighted by Gasteiger charge is 2.37. The number of carbonyl (C=O) groups is 6. The highest BCUT2D eigenvalue weighted by molar-refractivity contribution is 6.01. The monoisotopic (exact) mass is 559 g/mol. The van der Waals surface area contributed by atoms with Gasteiger partial charge in [0, 0.05) is 25.8 Å². The van der Waals surface area contributed by atoms with Crippen LogP contribution in [0.4, 0.5) is 0 Å². The first-order chi connectivity index (χ1) is 19.2. The first-order valence-electron chi connectivity index (χ1n) is 13.7. The molecular formula is C28H37N3O9. The number of imide groups is 1. The molecule has 0 saturated carbocycles. The molecule has 3 amide bonds. The minimum atomic E-state index is -1.04. The normalized spacial score (nSPS) is 18.5. The van der Waals surface area contributed by atoms with Gasteiger partial charge in [-0.25, -0.2) is 9.59 Å². The Morgan fingerprint density at radius 2 is 1.75 bits per heavy atom. The van der Waals surface area contributed by atoms with Gasteiger partial charge in [-0.2, -0.15) is 0 Å². The Bertz CT molecular complexity index is 1060. The number of rotatable bonds is 15. The number of carboxylic acid groups (broad SMARTS) is 1. The lowest BCUT2D eigenvalue weighted by Crippen LogP contribution is -2.53. The molecule has 3 atom stereocenters. The van der Waals surface area contributed by atoms with Gasteiger partial charge in [0.1, 0.15) is 12.1 Å². The summed E-state index contributed by atoms with van der Waals surface area (Å²) in [5.74, 6) is -3.65. The van der Waals surface area contributed by atoms with E-state index in [-0.39, 0.29) is 31.8 Å². The first-order valence-corrected chi connectivity index (χ1v) is 13.7. The van der Waals surface area contributed by atoms with E-state index in [1.807, 2.05) is 30.3 Å². The van der Waals surface area contributed by atoms with Crippen molar-refractivity contribution in [2.45, 2.75) is 89.3 Å². The van der Waals surface area contributed by atoms with Gasteiger partial charge in [0.25, 0.3) is 11.8 Å². The highest BCUT2D eigenvalue weighted by atomic mass is 16.7. The lowest BCUT2D eigenvalue weighted by molar-refractivity contribution is -0.197. The summed E-state index contributed by atoms with van der Waals surface area (Å²) in [6, 6.07) is 7.16. The van der Waals surface area contributed by atoms with Crippen molar-refractivity contribution < 1.29 is 43.4 Å². The van der Waals surface area contributed by atoms with E-state index in [0.717, 1.165) is 5.56 Å². The lowest BCUT2D eigenvalue weighted by Gasteiger charge is -2.28. The SMILES string of the molecule is CC(NC(CCc1ccccc1)C(=O)OCCCCCC(=O)ON1C(=O)CCC1=O)C(=O)N1CCCC1C(=O)O. The van der Waals surface area contributed by atoms with Gasteiger partial charge in [-0.3, -0.25) is 24.5 Å². The quantitative estimate of drug-likeness (QED) is 0.184. The molecule has 2 aliphatic heterocycles. The van der Waals surface area contributed by atoms with Crippen molar-refractivity contribution in [2.24, 2.45) is 0 Å². The van der Waals surface area contributed by atoms with Crippen molar-refractivity contribution in [1.29, 1.82) is 0 Å². The Hall–Kier alpha value is -3.80. The maximum absolute atomic E-state index is 13.0. The summed E-state index contributed by atoms with van der Waals surface area (Å²) in [6.07, 6.45) is 3.50. The number of unbranched alkanes of at least 4 members (excludes halogenated alkanes) is 2. The summed E-state index contributed by atoms with van der Waals surface area (Å²) in [5.41, 5.74) is 1.02. The molecule has 1 aromatic carbocycles. The Labute approximate surface area is 232 Å². The molecular weight excluding hydrogens is 522 g/mol. The minimum Gasteiger partial charge on any atom is -0.480 e. The molecule has 40 heavy (non-hydrogen) atoms. The number of hydrogen-bond acceptors (Lipinski definition) is 9. The van der Waals surface area contributed by atoms with E-state index >= 15 is 0 Å². The van der Waals surface area contributed by atoms with E-state index in [9.17, 15) is 33.9 Å². The number of hydrogen-bond donors (Lipinski definition) is 2. The third kappa shape index (κ3) is 8.87. The van der Waals surface area contributed by atoms with Crippen LogP contribution < -0.4 is 5.32 Å². The number of nitrogens with one attached hydrogen (secondary N) is 1. The summed E-state index contributed by atoms with van der Waals surface area (Å²) < 4.78 is 5.47. The third-order valence-corrected chi connectivity index (χ3v) is 6.96. The van der Waals surface area contributed by atoms with Gasteiger partial charge in [0.05, 0.1) is 12.6 Å². The van der Waals surface area contributed by atoms with Gasteiger partial charge in [-0.15, -0.1) is 5.06 Å². The van der Waals surface area contributed by atoms with Gasteiger partial charge in [0.15, 0.2) is 0 Å². The van der Waals surface area contributed by atoms with Gasteiger partial charge < -0.3 is 19.6 Å². The number of likely N-dealkylation sites (tertiary alicyclic amines) is 1. The number of nitrogens with zero attached hydrogens (tertiary/aromatic N) is 2. The maximum atomic E-state index is 13.0. The number of benzene rings is 1. The van der Waals surface area contributed by atoms with Crippen LogP contribution in [-0.2, 0) is 44.8 Å². The fourth-order valence-corrected chi connectivity index (χ4v) is 4.76. The molecule has 3 unspecified atom stereocenters. The van der Waals surface area contributed by atoms with Gasteiger partial charge in [-0.05, 0) is 57.4 Å². The van der Waals surface area contributed by atoms with E-state index in [1.54, 1.807) is 6.92 Å². The average Bonchev–Trinajstić information content (AvgIpc) is 3.55. The average molecular weight is 560 g/mol. The number of esters is 1. The van der Waals surface area contributed by atoms with Crippen LogP contribution in [0.1, 0.15) is 70.3 Å². The highest BCUT2D eigenvalue weighted by Crippen LogP contribution is 2.19. The molecule has 1 aromatic rings. The van der Waals surface area contributed by atoms with E-state index in [4.69, 9.17) is 9.57 Å². The van der Waals surface area contributed by atoms with Crippen LogP contribution in [0.5, 0.6) is 0 Å². The van der Waals surface area contributed by atoms with Crippen molar-refractivity contribution in [3.8, 4) is 0 Å². The van der Waals surface area contributed by atoms with Crippen LogP contribution in [0.25, 0.3) is 0 Å². The zero-order valence-corrected chi connectivity index (χ0v) is 22.7.